The highest BCUT2D eigenvalue weighted by Crippen LogP contribution is 2.23. The van der Waals surface area contributed by atoms with Crippen molar-refractivity contribution in [3.63, 3.8) is 0 Å². The maximum atomic E-state index is 12.8. The summed E-state index contributed by atoms with van der Waals surface area (Å²) in [6, 6.07) is 19.6. The average molecular weight is 396 g/mol. The Kier molecular flexibility index (Phi) is 6.26. The van der Waals surface area contributed by atoms with Crippen molar-refractivity contribution in [3.05, 3.63) is 98.9 Å². The molecule has 0 bridgehead atoms. The van der Waals surface area contributed by atoms with Crippen molar-refractivity contribution in [3.8, 4) is 0 Å². The van der Waals surface area contributed by atoms with E-state index >= 15 is 0 Å². The van der Waals surface area contributed by atoms with Crippen LogP contribution in [0, 0.1) is 5.92 Å². The molecule has 5 nitrogen and oxygen atoms in total. The summed E-state index contributed by atoms with van der Waals surface area (Å²) in [5.41, 5.74) is 1.86. The second-order valence-electron chi connectivity index (χ2n) is 6.95. The number of aromatic nitrogens is 2. The van der Waals surface area contributed by atoms with Crippen molar-refractivity contribution in [2.75, 3.05) is 0 Å². The zero-order valence-corrected chi connectivity index (χ0v) is 16.6. The lowest BCUT2D eigenvalue weighted by Gasteiger charge is -2.23. The Bertz CT molecular complexity index is 998. The number of rotatable bonds is 6. The minimum Gasteiger partial charge on any atom is -0.344 e. The molecule has 1 aromatic heterocycles. The van der Waals surface area contributed by atoms with E-state index in [4.69, 9.17) is 11.6 Å². The van der Waals surface area contributed by atoms with Crippen LogP contribution in [0.2, 0.25) is 5.02 Å². The second-order valence-corrected chi connectivity index (χ2v) is 7.38. The van der Waals surface area contributed by atoms with Gasteiger partial charge in [0.15, 0.2) is 0 Å². The number of benzene rings is 2. The molecule has 144 valence electrons. The zero-order chi connectivity index (χ0) is 20.1. The van der Waals surface area contributed by atoms with Crippen LogP contribution in [0.3, 0.4) is 0 Å². The molecule has 0 saturated carbocycles. The lowest BCUT2D eigenvalue weighted by Crippen LogP contribution is -2.34. The molecule has 0 unspecified atom stereocenters. The number of carbonyl (C=O) groups is 1. The molecule has 0 aliphatic carbocycles. The first-order valence-electron chi connectivity index (χ1n) is 9.12. The minimum atomic E-state index is -0.324. The van der Waals surface area contributed by atoms with Crippen molar-refractivity contribution < 1.29 is 4.79 Å². The van der Waals surface area contributed by atoms with E-state index in [0.29, 0.717) is 11.6 Å². The van der Waals surface area contributed by atoms with Crippen LogP contribution in [-0.4, -0.2) is 15.7 Å². The number of nitrogens with one attached hydrogen (secondary N) is 1. The third-order valence-corrected chi connectivity index (χ3v) is 4.71. The summed E-state index contributed by atoms with van der Waals surface area (Å²) < 4.78 is 1.30. The standard InChI is InChI=1S/C22H22ClN3O2/c1-15(2)21(17-8-10-18(23)11-9-17)24-22(28)19-12-13-20(27)26(25-19)14-16-6-4-3-5-7-16/h3-13,15,21H,14H2,1-2H3,(H,24,28)/t21-/m0/s1. The Morgan fingerprint density at radius 1 is 1.04 bits per heavy atom. The summed E-state index contributed by atoms with van der Waals surface area (Å²) in [6.45, 7) is 4.37. The summed E-state index contributed by atoms with van der Waals surface area (Å²) >= 11 is 5.97. The molecule has 1 heterocycles. The molecule has 3 rings (SSSR count). The van der Waals surface area contributed by atoms with E-state index in [-0.39, 0.29) is 29.1 Å². The third-order valence-electron chi connectivity index (χ3n) is 4.46. The van der Waals surface area contributed by atoms with E-state index in [0.717, 1.165) is 11.1 Å². The van der Waals surface area contributed by atoms with Crippen molar-refractivity contribution >= 4 is 17.5 Å². The van der Waals surface area contributed by atoms with E-state index in [1.165, 1.54) is 16.8 Å². The quantitative estimate of drug-likeness (QED) is 0.684. The first-order valence-corrected chi connectivity index (χ1v) is 9.50. The van der Waals surface area contributed by atoms with Gasteiger partial charge in [-0.05, 0) is 35.2 Å². The van der Waals surface area contributed by atoms with Crippen molar-refractivity contribution in [2.45, 2.75) is 26.4 Å². The average Bonchev–Trinajstić information content (AvgIpc) is 2.69. The minimum absolute atomic E-state index is 0.167. The molecule has 1 amide bonds. The first kappa shape index (κ1) is 19.8. The van der Waals surface area contributed by atoms with Crippen LogP contribution in [0.4, 0.5) is 0 Å². The summed E-state index contributed by atoms with van der Waals surface area (Å²) in [6.07, 6.45) is 0. The van der Waals surface area contributed by atoms with Gasteiger partial charge in [-0.15, -0.1) is 0 Å². The molecule has 1 atom stereocenters. The van der Waals surface area contributed by atoms with Gasteiger partial charge in [-0.2, -0.15) is 5.10 Å². The molecule has 0 aliphatic rings. The molecule has 0 aliphatic heterocycles. The molecule has 3 aromatic rings. The summed E-state index contributed by atoms with van der Waals surface area (Å²) in [5.74, 6) is -0.157. The van der Waals surface area contributed by atoms with Crippen LogP contribution < -0.4 is 10.9 Å². The monoisotopic (exact) mass is 395 g/mol. The number of hydrogen-bond acceptors (Lipinski definition) is 3. The van der Waals surface area contributed by atoms with Crippen LogP contribution >= 0.6 is 11.6 Å². The summed E-state index contributed by atoms with van der Waals surface area (Å²) in [7, 11) is 0. The molecule has 0 saturated heterocycles. The number of amides is 1. The van der Waals surface area contributed by atoms with Gasteiger partial charge in [-0.3, -0.25) is 9.59 Å². The highest BCUT2D eigenvalue weighted by molar-refractivity contribution is 6.30. The van der Waals surface area contributed by atoms with E-state index in [2.05, 4.69) is 10.4 Å². The third kappa shape index (κ3) is 4.87. The lowest BCUT2D eigenvalue weighted by molar-refractivity contribution is 0.0918. The largest absolute Gasteiger partial charge is 0.344 e. The number of carbonyl (C=O) groups excluding carboxylic acids is 1. The SMILES string of the molecule is CC(C)[C@H](NC(=O)c1ccc(=O)n(Cc2ccccc2)n1)c1ccc(Cl)cc1. The Morgan fingerprint density at radius 2 is 1.71 bits per heavy atom. The number of halogens is 1. The van der Waals surface area contributed by atoms with E-state index < -0.39 is 0 Å². The fraction of sp³-hybridized carbons (Fsp3) is 0.227. The van der Waals surface area contributed by atoms with Crippen LogP contribution in [0.1, 0.15) is 41.5 Å². The van der Waals surface area contributed by atoms with Gasteiger partial charge in [-0.1, -0.05) is 67.9 Å². The molecule has 0 fully saturated rings. The van der Waals surface area contributed by atoms with Crippen LogP contribution in [0.5, 0.6) is 0 Å². The number of hydrogen-bond donors (Lipinski definition) is 1. The lowest BCUT2D eigenvalue weighted by atomic mass is 9.96. The van der Waals surface area contributed by atoms with Gasteiger partial charge in [0, 0.05) is 11.1 Å². The first-order chi connectivity index (χ1) is 13.4. The van der Waals surface area contributed by atoms with E-state index in [1.807, 2.05) is 56.3 Å². The van der Waals surface area contributed by atoms with E-state index in [1.54, 1.807) is 12.1 Å². The van der Waals surface area contributed by atoms with Crippen molar-refractivity contribution in [2.24, 2.45) is 5.92 Å². The molecule has 6 heteroatoms. The molecule has 0 radical (unpaired) electrons. The zero-order valence-electron chi connectivity index (χ0n) is 15.8. The van der Waals surface area contributed by atoms with Crippen LogP contribution in [-0.2, 0) is 6.54 Å². The van der Waals surface area contributed by atoms with Crippen molar-refractivity contribution in [1.82, 2.24) is 15.1 Å². The van der Waals surface area contributed by atoms with Gasteiger partial charge in [-0.25, -0.2) is 4.68 Å². The smallest absolute Gasteiger partial charge is 0.272 e. The molecule has 0 spiro atoms. The van der Waals surface area contributed by atoms with Gasteiger partial charge >= 0.3 is 0 Å². The Hall–Kier alpha value is -2.92. The van der Waals surface area contributed by atoms with Gasteiger partial charge in [0.25, 0.3) is 11.5 Å². The molecular weight excluding hydrogens is 374 g/mol. The highest BCUT2D eigenvalue weighted by Gasteiger charge is 2.20. The van der Waals surface area contributed by atoms with Crippen molar-refractivity contribution in [1.29, 1.82) is 0 Å². The number of nitrogens with zero attached hydrogens (tertiary/aromatic N) is 2. The maximum Gasteiger partial charge on any atom is 0.272 e. The Balaban J connectivity index is 1.82. The maximum absolute atomic E-state index is 12.8. The van der Waals surface area contributed by atoms with Gasteiger partial charge in [0.05, 0.1) is 12.6 Å². The molecule has 1 N–H and O–H groups in total. The molecule has 28 heavy (non-hydrogen) atoms. The normalized spacial score (nSPS) is 12.0. The fourth-order valence-corrected chi connectivity index (χ4v) is 3.09. The van der Waals surface area contributed by atoms with Gasteiger partial charge in [0.1, 0.15) is 5.69 Å². The summed E-state index contributed by atoms with van der Waals surface area (Å²) in [5, 5.41) is 7.92. The van der Waals surface area contributed by atoms with E-state index in [9.17, 15) is 9.59 Å². The highest BCUT2D eigenvalue weighted by atomic mass is 35.5. The molecular formula is C22H22ClN3O2. The Labute approximate surface area is 169 Å². The van der Waals surface area contributed by atoms with Gasteiger partial charge in [0.2, 0.25) is 0 Å². The van der Waals surface area contributed by atoms with Gasteiger partial charge < -0.3 is 5.32 Å². The predicted molar refractivity (Wildman–Crippen MR) is 111 cm³/mol. The van der Waals surface area contributed by atoms with Crippen LogP contribution in [0.25, 0.3) is 0 Å². The molecule has 2 aromatic carbocycles. The second kappa shape index (κ2) is 8.85. The predicted octanol–water partition coefficient (Wildman–Crippen LogP) is 4.07. The summed E-state index contributed by atoms with van der Waals surface area (Å²) in [4.78, 5) is 24.9. The topological polar surface area (TPSA) is 64.0 Å². The fourth-order valence-electron chi connectivity index (χ4n) is 2.96. The Morgan fingerprint density at radius 3 is 2.36 bits per heavy atom. The van der Waals surface area contributed by atoms with Crippen LogP contribution in [0.15, 0.2) is 71.5 Å².